The lowest BCUT2D eigenvalue weighted by Crippen LogP contribution is -2.61. The van der Waals surface area contributed by atoms with E-state index in [-0.39, 0.29) is 81.3 Å². The molecule has 0 radical (unpaired) electrons. The van der Waals surface area contributed by atoms with E-state index in [0.29, 0.717) is 44.3 Å². The van der Waals surface area contributed by atoms with Gasteiger partial charge in [0.25, 0.3) is 0 Å². The summed E-state index contributed by atoms with van der Waals surface area (Å²) in [5.41, 5.74) is 16.9. The number of aromatic hydroxyl groups is 1. The number of hydrogen-bond donors (Lipinski definition) is 23. The quantitative estimate of drug-likeness (QED) is 0.0293. The Bertz CT molecular complexity index is 4660. The molecule has 0 bridgehead atoms. The average molecular weight is 1920 g/mol. The van der Waals surface area contributed by atoms with Crippen LogP contribution in [0.4, 0.5) is 0 Å². The molecule has 0 aliphatic carbocycles. The van der Waals surface area contributed by atoms with Crippen molar-refractivity contribution in [1.29, 1.82) is 0 Å². The van der Waals surface area contributed by atoms with E-state index in [1.165, 1.54) is 55.5 Å². The summed E-state index contributed by atoms with van der Waals surface area (Å²) >= 11 is 0. The summed E-state index contributed by atoms with van der Waals surface area (Å²) < 4.78 is 0. The lowest BCUT2D eigenvalue weighted by Gasteiger charge is -2.33. The highest BCUT2D eigenvalue weighted by atomic mass is 16.4. The Morgan fingerprint density at radius 3 is 1.34 bits per heavy atom. The zero-order chi connectivity index (χ0) is 101. The number of nitrogens with one attached hydrogen (secondary N) is 16. The van der Waals surface area contributed by atoms with E-state index < -0.39 is 303 Å². The maximum Gasteiger partial charge on any atom is 0.326 e. The van der Waals surface area contributed by atoms with E-state index in [2.05, 4.69) is 89.7 Å². The fourth-order valence-corrected chi connectivity index (χ4v) is 15.8. The van der Waals surface area contributed by atoms with Crippen molar-refractivity contribution in [1.82, 2.24) is 104 Å². The summed E-state index contributed by atoms with van der Waals surface area (Å²) in [6.07, 6.45) is -0.148. The van der Waals surface area contributed by atoms with Gasteiger partial charge in [-0.05, 0) is 140 Å². The van der Waals surface area contributed by atoms with Crippen molar-refractivity contribution < 1.29 is 131 Å². The molecule has 18 atom stereocenters. The highest BCUT2D eigenvalue weighted by Crippen LogP contribution is 2.28. The van der Waals surface area contributed by atoms with Crippen LogP contribution in [0.25, 0.3) is 0 Å². The molecule has 1 aromatic heterocycles. The molecule has 50 nitrogen and oxygen atoms in total. The van der Waals surface area contributed by atoms with E-state index in [4.69, 9.17) is 17.2 Å². The largest absolute Gasteiger partial charge is 0.508 e. The smallest absolute Gasteiger partial charge is 0.326 e. The molecule has 4 aliphatic heterocycles. The number of phenols is 1. The number of aliphatic carboxylic acids is 3. The van der Waals surface area contributed by atoms with Gasteiger partial charge in [0, 0.05) is 57.2 Å². The maximum atomic E-state index is 14.8. The first-order chi connectivity index (χ1) is 64.0. The Hall–Kier alpha value is -14.0. The molecule has 26 N–H and O–H groups in total. The zero-order valence-electron chi connectivity index (χ0n) is 77.4. The number of carboxylic acids is 3. The monoisotopic (exact) mass is 1920 g/mol. The second-order valence-corrected chi connectivity index (χ2v) is 35.2. The Balaban J connectivity index is 1.07. The van der Waals surface area contributed by atoms with Gasteiger partial charge < -0.3 is 137 Å². The van der Waals surface area contributed by atoms with Crippen LogP contribution in [-0.2, 0) is 123 Å². The molecule has 4 saturated heterocycles. The molecular formula is C86H129N23O27. The number of imidazole rings is 1. The van der Waals surface area contributed by atoms with Gasteiger partial charge in [-0.1, -0.05) is 60.1 Å². The minimum Gasteiger partial charge on any atom is -0.508 e. The number of benzene rings is 1. The van der Waals surface area contributed by atoms with Gasteiger partial charge in [-0.2, -0.15) is 0 Å². The summed E-state index contributed by atoms with van der Waals surface area (Å²) in [5.74, 6) is -25.7. The van der Waals surface area contributed by atoms with Gasteiger partial charge in [0.05, 0.1) is 38.2 Å². The molecule has 5 heterocycles. The molecule has 4 fully saturated rings. The van der Waals surface area contributed by atoms with Gasteiger partial charge in [-0.25, -0.2) is 9.78 Å². The van der Waals surface area contributed by atoms with Crippen LogP contribution in [0.1, 0.15) is 189 Å². The summed E-state index contributed by atoms with van der Waals surface area (Å²) in [6, 6.07) is -19.6. The first kappa shape index (κ1) is 111. The topological polar surface area (TPSA) is 770 Å². The third-order valence-corrected chi connectivity index (χ3v) is 23.3. The van der Waals surface area contributed by atoms with Gasteiger partial charge in [-0.15, -0.1) is 0 Å². The molecule has 50 heteroatoms. The predicted octanol–water partition coefficient (Wildman–Crippen LogP) is -7.32. The number of carbonyl (C=O) groups excluding carboxylic acids is 20. The van der Waals surface area contributed by atoms with E-state index in [1.807, 2.05) is 0 Å². The van der Waals surface area contributed by atoms with Crippen LogP contribution in [0, 0.1) is 17.8 Å². The molecule has 136 heavy (non-hydrogen) atoms. The number of carbonyl (C=O) groups is 23. The number of phenolic OH excluding ortho intramolecular Hbond substituents is 1. The van der Waals surface area contributed by atoms with Gasteiger partial charge >= 0.3 is 17.9 Å². The lowest BCUT2D eigenvalue weighted by molar-refractivity contribution is -0.147. The van der Waals surface area contributed by atoms with Crippen LogP contribution in [0.5, 0.6) is 5.75 Å². The molecule has 750 valence electrons. The van der Waals surface area contributed by atoms with Crippen molar-refractivity contribution >= 4 is 136 Å². The molecule has 4 aliphatic rings. The lowest BCUT2D eigenvalue weighted by atomic mass is 9.95. The van der Waals surface area contributed by atoms with Crippen LogP contribution < -0.4 is 97.0 Å². The Labute approximate surface area is 782 Å². The maximum absolute atomic E-state index is 14.8. The minimum atomic E-state index is -1.98. The van der Waals surface area contributed by atoms with Crippen LogP contribution in [0.2, 0.25) is 0 Å². The molecule has 2 aromatic rings. The van der Waals surface area contributed by atoms with Crippen molar-refractivity contribution in [3.8, 4) is 5.75 Å². The van der Waals surface area contributed by atoms with E-state index in [0.717, 1.165) is 18.2 Å². The number of carboxylic acid groups (broad SMARTS) is 3. The second-order valence-electron chi connectivity index (χ2n) is 35.2. The standard InChI is InChI=1S/C86H129N23O27/c1-10-43(6)69(85(134)108-29-13-16-60(108)81(130)96-46(9)72(121)100-57(36-67(115)116)78(127)98-51(24-26-64(88)112)75(124)105-59(86(135)136)32-42(4)5)106-80(129)53(31-41(2)3)102-74(123)50(23-25-63(87)111)97-77(126)56(35-65(89)113)99-70(119)44(7)94-66(114)39-92-73(122)55(34-48-38-90-40-93-48)103-79(128)58(37-68(117)118)101-71(120)45(8)95-76(125)54(33-47-19-21-49(110)22-20-47)104-82(131)61-17-12-28-107(61)84(133)62-18-14-30-109(62)83(132)52-15-11-27-91-52/h19-22,38,40-46,50-62,69,91,110H,10-18,23-37,39H2,1-9H3,(H2,87,111)(H2,88,112)(H2,89,113)(H,90,93)(H,92,122)(H,94,114)(H,95,125)(H,96,130)(H,97,126)(H,98,127)(H,99,119)(H,100,121)(H,101,120)(H,102,123)(H,103,128)(H,104,131)(H,105,124)(H,106,129)(H,115,116)(H,117,118)(H,135,136)/t43-,44-,45-,46-,50-,51-,52-,53-,54-,55-,56-,57-,58-,59-,60-,61-,62-,69-/m0/s1. The molecule has 20 amide bonds. The van der Waals surface area contributed by atoms with Crippen molar-refractivity contribution in [2.24, 2.45) is 35.0 Å². The van der Waals surface area contributed by atoms with Gasteiger partial charge in [0.2, 0.25) is 118 Å². The molecular weight excluding hydrogens is 1790 g/mol. The van der Waals surface area contributed by atoms with Crippen LogP contribution in [-0.4, -0.2) is 317 Å². The van der Waals surface area contributed by atoms with Crippen LogP contribution >= 0.6 is 0 Å². The Morgan fingerprint density at radius 2 is 0.860 bits per heavy atom. The fourth-order valence-electron chi connectivity index (χ4n) is 15.8. The fraction of sp³-hybridized carbons (Fsp3) is 0.628. The number of likely N-dealkylation sites (tertiary alicyclic amines) is 3. The minimum absolute atomic E-state index is 0.0194. The SMILES string of the molecule is CC[C@H](C)[C@H](NC(=O)[C@H](CC(C)C)NC(=O)[C@H](CCC(N)=O)NC(=O)[C@H](CC(N)=O)NC(=O)[C@H](C)NC(=O)CNC(=O)[C@H](Cc1cnc[nH]1)NC(=O)[C@H](CC(=O)O)NC(=O)[C@H](C)NC(=O)[C@H](Cc1ccc(O)cc1)NC(=O)[C@@H]1CCCN1C(=O)[C@@H]1CCCN1C(=O)[C@@H]1CCCN1)C(=O)N1CCC[C@H]1C(=O)N[C@@H](C)C(=O)N[C@@H](CC(=O)O)C(=O)N[C@@H](CCC(N)=O)C(=O)N[C@@H](CC(C)C)C(=O)O. The number of rotatable bonds is 54. The van der Waals surface area contributed by atoms with Gasteiger partial charge in [0.1, 0.15) is 102 Å². The average Bonchev–Trinajstić information content (AvgIpc) is 1.64. The van der Waals surface area contributed by atoms with Crippen molar-refractivity contribution in [3.63, 3.8) is 0 Å². The number of nitrogens with zero attached hydrogens (tertiary/aromatic N) is 4. The number of primary amides is 3. The predicted molar refractivity (Wildman–Crippen MR) is 476 cm³/mol. The van der Waals surface area contributed by atoms with E-state index in [9.17, 15) is 131 Å². The number of aromatic amines is 1. The molecule has 1 aromatic carbocycles. The summed E-state index contributed by atoms with van der Waals surface area (Å²) in [4.78, 5) is 322. The number of hydrogen-bond acceptors (Lipinski definition) is 26. The third-order valence-electron chi connectivity index (χ3n) is 23.3. The Morgan fingerprint density at radius 1 is 0.434 bits per heavy atom. The highest BCUT2D eigenvalue weighted by molar-refractivity contribution is 6.03. The highest BCUT2D eigenvalue weighted by Gasteiger charge is 2.47. The molecule has 0 spiro atoms. The summed E-state index contributed by atoms with van der Waals surface area (Å²) in [6.45, 7) is 13.7. The third kappa shape index (κ3) is 34.8. The molecule has 6 rings (SSSR count). The van der Waals surface area contributed by atoms with E-state index >= 15 is 0 Å². The van der Waals surface area contributed by atoms with E-state index in [1.54, 1.807) is 46.4 Å². The van der Waals surface area contributed by atoms with Crippen LogP contribution in [0.15, 0.2) is 36.8 Å². The first-order valence-electron chi connectivity index (χ1n) is 45.2. The van der Waals surface area contributed by atoms with Crippen molar-refractivity contribution in [2.75, 3.05) is 32.7 Å². The second kappa shape index (κ2) is 53.2. The molecule has 0 saturated carbocycles. The van der Waals surface area contributed by atoms with Crippen LogP contribution in [0.3, 0.4) is 0 Å². The number of aromatic nitrogens is 2. The number of H-pyrrole nitrogens is 1. The summed E-state index contributed by atoms with van der Waals surface area (Å²) in [5, 5.41) is 76.0. The summed E-state index contributed by atoms with van der Waals surface area (Å²) in [7, 11) is 0. The molecule has 0 unspecified atom stereocenters. The van der Waals surface area contributed by atoms with Crippen molar-refractivity contribution in [2.45, 2.75) is 293 Å². The zero-order valence-corrected chi connectivity index (χ0v) is 77.4. The van der Waals surface area contributed by atoms with Gasteiger partial charge in [-0.3, -0.25) is 105 Å². The Kier molecular flexibility index (Phi) is 43.3. The normalized spacial score (nSPS) is 18.7. The number of amides is 20. The first-order valence-corrected chi connectivity index (χ1v) is 45.2. The van der Waals surface area contributed by atoms with Gasteiger partial charge in [0.15, 0.2) is 0 Å². The van der Waals surface area contributed by atoms with Crippen molar-refractivity contribution in [3.05, 3.63) is 48.0 Å². The number of nitrogens with two attached hydrogens (primary N) is 3.